The standard InChI is InChI=1S/C19H16BrN3O3/c20-12-5-6-17(22-9-12)26-13-7-8-23(11-13)19(25)18(24)15-10-21-16-4-2-1-3-14(15)16/h1-6,9-10,13,21H,7-8,11H2. The van der Waals surface area contributed by atoms with E-state index in [4.69, 9.17) is 4.74 Å². The van der Waals surface area contributed by atoms with Crippen molar-refractivity contribution in [1.29, 1.82) is 0 Å². The summed E-state index contributed by atoms with van der Waals surface area (Å²) in [5.41, 5.74) is 1.25. The Bertz CT molecular complexity index is 968. The van der Waals surface area contributed by atoms with Gasteiger partial charge in [-0.15, -0.1) is 0 Å². The number of hydrogen-bond acceptors (Lipinski definition) is 4. The lowest BCUT2D eigenvalue weighted by molar-refractivity contribution is -0.125. The minimum atomic E-state index is -0.496. The van der Waals surface area contributed by atoms with Crippen molar-refractivity contribution in [3.8, 4) is 5.88 Å². The van der Waals surface area contributed by atoms with Crippen molar-refractivity contribution in [2.45, 2.75) is 12.5 Å². The van der Waals surface area contributed by atoms with Gasteiger partial charge in [0.15, 0.2) is 0 Å². The van der Waals surface area contributed by atoms with Gasteiger partial charge in [-0.1, -0.05) is 18.2 Å². The molecule has 1 unspecified atom stereocenters. The topological polar surface area (TPSA) is 75.3 Å². The van der Waals surface area contributed by atoms with Gasteiger partial charge in [0, 0.05) is 46.8 Å². The third-order valence-corrected chi connectivity index (χ3v) is 4.92. The summed E-state index contributed by atoms with van der Waals surface area (Å²) in [6.07, 6.45) is 3.77. The minimum Gasteiger partial charge on any atom is -0.472 e. The fourth-order valence-electron chi connectivity index (χ4n) is 3.13. The summed E-state index contributed by atoms with van der Waals surface area (Å²) in [4.78, 5) is 34.0. The third kappa shape index (κ3) is 3.22. The molecule has 3 heterocycles. The predicted molar refractivity (Wildman–Crippen MR) is 100 cm³/mol. The SMILES string of the molecule is O=C(C(=O)N1CCC(Oc2ccc(Br)cn2)C1)c1c[nH]c2ccccc12. The van der Waals surface area contributed by atoms with Crippen molar-refractivity contribution in [2.24, 2.45) is 0 Å². The number of nitrogens with one attached hydrogen (secondary N) is 1. The van der Waals surface area contributed by atoms with Gasteiger partial charge in [-0.3, -0.25) is 9.59 Å². The van der Waals surface area contributed by atoms with E-state index in [0.29, 0.717) is 31.0 Å². The molecule has 1 fully saturated rings. The maximum absolute atomic E-state index is 12.6. The summed E-state index contributed by atoms with van der Waals surface area (Å²) in [5.74, 6) is -0.482. The largest absolute Gasteiger partial charge is 0.472 e. The number of carbonyl (C=O) groups excluding carboxylic acids is 2. The number of para-hydroxylation sites is 1. The van der Waals surface area contributed by atoms with Crippen LogP contribution in [0.5, 0.6) is 5.88 Å². The molecule has 4 rings (SSSR count). The van der Waals surface area contributed by atoms with Crippen LogP contribution in [0.4, 0.5) is 0 Å². The molecule has 1 saturated heterocycles. The molecule has 0 bridgehead atoms. The molecule has 1 amide bonds. The number of carbonyl (C=O) groups is 2. The van der Waals surface area contributed by atoms with Crippen LogP contribution in [0.25, 0.3) is 10.9 Å². The number of pyridine rings is 1. The summed E-state index contributed by atoms with van der Waals surface area (Å²) in [6, 6.07) is 11.1. The Morgan fingerprint density at radius 2 is 2.08 bits per heavy atom. The summed E-state index contributed by atoms with van der Waals surface area (Å²) in [5, 5.41) is 0.761. The van der Waals surface area contributed by atoms with Crippen LogP contribution in [-0.2, 0) is 4.79 Å². The summed E-state index contributed by atoms with van der Waals surface area (Å²) in [6.45, 7) is 0.874. The number of aromatic nitrogens is 2. The number of aromatic amines is 1. The Balaban J connectivity index is 1.44. The molecule has 1 N–H and O–H groups in total. The molecule has 1 aliphatic rings. The molecule has 0 radical (unpaired) electrons. The number of ketones is 1. The number of Topliss-reactive ketones (excluding diaryl/α,β-unsaturated/α-hetero) is 1. The van der Waals surface area contributed by atoms with Crippen LogP contribution in [-0.4, -0.2) is 45.8 Å². The van der Waals surface area contributed by atoms with Crippen molar-refractivity contribution in [3.63, 3.8) is 0 Å². The zero-order chi connectivity index (χ0) is 18.1. The Labute approximate surface area is 158 Å². The van der Waals surface area contributed by atoms with Crippen molar-refractivity contribution in [1.82, 2.24) is 14.9 Å². The molecule has 7 heteroatoms. The van der Waals surface area contributed by atoms with E-state index in [2.05, 4.69) is 25.9 Å². The number of likely N-dealkylation sites (tertiary alicyclic amines) is 1. The van der Waals surface area contributed by atoms with Gasteiger partial charge in [0.25, 0.3) is 11.7 Å². The highest BCUT2D eigenvalue weighted by Gasteiger charge is 2.32. The van der Waals surface area contributed by atoms with Crippen molar-refractivity contribution < 1.29 is 14.3 Å². The summed E-state index contributed by atoms with van der Waals surface area (Å²) in [7, 11) is 0. The quantitative estimate of drug-likeness (QED) is 0.526. The number of nitrogens with zero attached hydrogens (tertiary/aromatic N) is 2. The van der Waals surface area contributed by atoms with E-state index >= 15 is 0 Å². The van der Waals surface area contributed by atoms with Crippen LogP contribution in [0, 0.1) is 0 Å². The smallest absolute Gasteiger partial charge is 0.295 e. The van der Waals surface area contributed by atoms with Gasteiger partial charge >= 0.3 is 0 Å². The molecule has 0 aliphatic carbocycles. The first-order valence-corrected chi connectivity index (χ1v) is 9.09. The Kier molecular flexibility index (Phi) is 4.46. The molecule has 1 aromatic carbocycles. The number of rotatable bonds is 4. The van der Waals surface area contributed by atoms with Gasteiger partial charge in [-0.05, 0) is 28.1 Å². The second-order valence-corrected chi connectivity index (χ2v) is 7.09. The van der Waals surface area contributed by atoms with Crippen molar-refractivity contribution in [3.05, 3.63) is 58.8 Å². The van der Waals surface area contributed by atoms with E-state index in [0.717, 1.165) is 15.4 Å². The lowest BCUT2D eigenvalue weighted by Crippen LogP contribution is -2.36. The summed E-state index contributed by atoms with van der Waals surface area (Å²) >= 11 is 3.33. The Morgan fingerprint density at radius 3 is 2.88 bits per heavy atom. The van der Waals surface area contributed by atoms with Crippen LogP contribution in [0.2, 0.25) is 0 Å². The number of benzene rings is 1. The molecule has 0 saturated carbocycles. The fraction of sp³-hybridized carbons (Fsp3) is 0.211. The molecule has 3 aromatic rings. The Morgan fingerprint density at radius 1 is 1.23 bits per heavy atom. The minimum absolute atomic E-state index is 0.164. The van der Waals surface area contributed by atoms with Gasteiger partial charge < -0.3 is 14.6 Å². The van der Waals surface area contributed by atoms with Gasteiger partial charge in [-0.2, -0.15) is 0 Å². The third-order valence-electron chi connectivity index (χ3n) is 4.45. The molecule has 1 aliphatic heterocycles. The van der Waals surface area contributed by atoms with E-state index in [1.54, 1.807) is 23.4 Å². The average molecular weight is 414 g/mol. The maximum atomic E-state index is 12.6. The number of ether oxygens (including phenoxy) is 1. The molecule has 26 heavy (non-hydrogen) atoms. The van der Waals surface area contributed by atoms with Crippen LogP contribution in [0.15, 0.2) is 53.3 Å². The molecule has 1 atom stereocenters. The number of halogens is 1. The van der Waals surface area contributed by atoms with Crippen LogP contribution in [0.3, 0.4) is 0 Å². The molecule has 0 spiro atoms. The number of hydrogen-bond donors (Lipinski definition) is 1. The molecule has 2 aromatic heterocycles. The van der Waals surface area contributed by atoms with Crippen molar-refractivity contribution >= 4 is 38.5 Å². The van der Waals surface area contributed by atoms with E-state index in [-0.39, 0.29) is 6.10 Å². The van der Waals surface area contributed by atoms with Crippen LogP contribution in [0.1, 0.15) is 16.8 Å². The molecule has 6 nitrogen and oxygen atoms in total. The average Bonchev–Trinajstić information content (AvgIpc) is 3.29. The lowest BCUT2D eigenvalue weighted by atomic mass is 10.1. The maximum Gasteiger partial charge on any atom is 0.295 e. The van der Waals surface area contributed by atoms with E-state index in [1.807, 2.05) is 30.3 Å². The van der Waals surface area contributed by atoms with Gasteiger partial charge in [0.1, 0.15) is 6.10 Å². The first-order valence-electron chi connectivity index (χ1n) is 8.30. The number of H-pyrrole nitrogens is 1. The Hall–Kier alpha value is -2.67. The highest BCUT2D eigenvalue weighted by molar-refractivity contribution is 9.10. The predicted octanol–water partition coefficient (Wildman–Crippen LogP) is 3.19. The van der Waals surface area contributed by atoms with Crippen molar-refractivity contribution in [2.75, 3.05) is 13.1 Å². The second-order valence-electron chi connectivity index (χ2n) is 6.17. The highest BCUT2D eigenvalue weighted by Crippen LogP contribution is 2.22. The first-order chi connectivity index (χ1) is 12.6. The molecule has 132 valence electrons. The lowest BCUT2D eigenvalue weighted by Gasteiger charge is -2.16. The zero-order valence-corrected chi connectivity index (χ0v) is 15.4. The normalized spacial score (nSPS) is 16.8. The number of amides is 1. The van der Waals surface area contributed by atoms with Gasteiger partial charge in [0.05, 0.1) is 12.1 Å². The fourth-order valence-corrected chi connectivity index (χ4v) is 3.36. The molecular weight excluding hydrogens is 398 g/mol. The van der Waals surface area contributed by atoms with E-state index < -0.39 is 11.7 Å². The second kappa shape index (κ2) is 6.92. The van der Waals surface area contributed by atoms with Crippen LogP contribution < -0.4 is 4.74 Å². The van der Waals surface area contributed by atoms with E-state index in [9.17, 15) is 9.59 Å². The zero-order valence-electron chi connectivity index (χ0n) is 13.8. The van der Waals surface area contributed by atoms with E-state index in [1.165, 1.54) is 0 Å². The highest BCUT2D eigenvalue weighted by atomic mass is 79.9. The molecular formula is C19H16BrN3O3. The van der Waals surface area contributed by atoms with Gasteiger partial charge in [0.2, 0.25) is 5.88 Å². The number of fused-ring (bicyclic) bond motifs is 1. The summed E-state index contributed by atoms with van der Waals surface area (Å²) < 4.78 is 6.68. The first kappa shape index (κ1) is 16.8. The van der Waals surface area contributed by atoms with Crippen LogP contribution >= 0.6 is 15.9 Å². The monoisotopic (exact) mass is 413 g/mol. The van der Waals surface area contributed by atoms with Gasteiger partial charge in [-0.25, -0.2) is 4.98 Å².